The van der Waals surface area contributed by atoms with Gasteiger partial charge in [-0.05, 0) is 18.2 Å². The number of rotatable bonds is 2. The Balaban J connectivity index is 3.17. The second kappa shape index (κ2) is 3.81. The van der Waals surface area contributed by atoms with Gasteiger partial charge >= 0.3 is 5.92 Å². The van der Waals surface area contributed by atoms with E-state index < -0.39 is 11.5 Å². The number of nitrogens with zero attached hydrogens (tertiary/aromatic N) is 1. The van der Waals surface area contributed by atoms with Crippen LogP contribution < -0.4 is 4.74 Å². The van der Waals surface area contributed by atoms with Crippen LogP contribution in [0.4, 0.5) is 8.78 Å². The topological polar surface area (TPSA) is 33.0 Å². The largest absolute Gasteiger partial charge is 0.495 e. The van der Waals surface area contributed by atoms with Crippen LogP contribution in [-0.4, -0.2) is 7.11 Å². The monoisotopic (exact) mass is 217 g/mol. The van der Waals surface area contributed by atoms with Crippen molar-refractivity contribution in [3.63, 3.8) is 0 Å². The molecule has 2 nitrogen and oxygen atoms in total. The number of alkyl halides is 2. The van der Waals surface area contributed by atoms with Crippen molar-refractivity contribution in [2.45, 2.75) is 5.92 Å². The van der Waals surface area contributed by atoms with E-state index in [1.807, 2.05) is 0 Å². The van der Waals surface area contributed by atoms with Crippen LogP contribution in [0.15, 0.2) is 18.2 Å². The van der Waals surface area contributed by atoms with Gasteiger partial charge in [-0.3, -0.25) is 0 Å². The Labute approximate surface area is 84.7 Å². The standard InChI is InChI=1S/C9H6ClF2NO/c1-14-8-3-2-6(4-7(8)10)9(11,12)5-13/h2-4H,1H3. The van der Waals surface area contributed by atoms with E-state index in [-0.39, 0.29) is 5.02 Å². The lowest BCUT2D eigenvalue weighted by Crippen LogP contribution is -2.09. The molecule has 14 heavy (non-hydrogen) atoms. The lowest BCUT2D eigenvalue weighted by Gasteiger charge is -2.09. The molecular weight excluding hydrogens is 212 g/mol. The molecule has 0 aliphatic rings. The van der Waals surface area contributed by atoms with Crippen LogP contribution in [0.25, 0.3) is 0 Å². The fraction of sp³-hybridized carbons (Fsp3) is 0.222. The van der Waals surface area contributed by atoms with Crippen LogP contribution in [0.3, 0.4) is 0 Å². The SMILES string of the molecule is COc1ccc(C(F)(F)C#N)cc1Cl. The number of halogens is 3. The third kappa shape index (κ3) is 1.94. The molecule has 0 saturated heterocycles. The number of nitriles is 1. The number of ether oxygens (including phenoxy) is 1. The minimum atomic E-state index is -3.52. The number of hydrogen-bond acceptors (Lipinski definition) is 2. The molecule has 0 unspecified atom stereocenters. The van der Waals surface area contributed by atoms with Crippen molar-refractivity contribution in [1.29, 1.82) is 5.26 Å². The summed E-state index contributed by atoms with van der Waals surface area (Å²) in [5.74, 6) is -3.22. The van der Waals surface area contributed by atoms with Crippen molar-refractivity contribution in [2.75, 3.05) is 7.11 Å². The van der Waals surface area contributed by atoms with Crippen LogP contribution in [-0.2, 0) is 5.92 Å². The van der Waals surface area contributed by atoms with Gasteiger partial charge in [0, 0.05) is 5.56 Å². The molecule has 0 heterocycles. The molecular formula is C9H6ClF2NO. The molecule has 0 atom stereocenters. The molecule has 0 saturated carbocycles. The Morgan fingerprint density at radius 1 is 1.50 bits per heavy atom. The van der Waals surface area contributed by atoms with E-state index in [0.717, 1.165) is 18.2 Å². The van der Waals surface area contributed by atoms with Gasteiger partial charge < -0.3 is 4.74 Å². The van der Waals surface area contributed by atoms with Crippen LogP contribution in [0.5, 0.6) is 5.75 Å². The van der Waals surface area contributed by atoms with Crippen molar-refractivity contribution >= 4 is 11.6 Å². The first-order chi connectivity index (χ1) is 6.51. The minimum absolute atomic E-state index is 0.0555. The highest BCUT2D eigenvalue weighted by Gasteiger charge is 2.31. The van der Waals surface area contributed by atoms with E-state index in [2.05, 4.69) is 0 Å². The second-order valence-electron chi connectivity index (χ2n) is 2.54. The summed E-state index contributed by atoms with van der Waals surface area (Å²) < 4.78 is 30.5. The fourth-order valence-electron chi connectivity index (χ4n) is 0.926. The molecule has 0 aromatic heterocycles. The van der Waals surface area contributed by atoms with E-state index >= 15 is 0 Å². The first-order valence-corrected chi connectivity index (χ1v) is 4.02. The van der Waals surface area contributed by atoms with Crippen molar-refractivity contribution in [3.8, 4) is 11.8 Å². The van der Waals surface area contributed by atoms with Crippen LogP contribution >= 0.6 is 11.6 Å². The quantitative estimate of drug-likeness (QED) is 0.763. The lowest BCUT2D eigenvalue weighted by molar-refractivity contribution is 0.0612. The summed E-state index contributed by atoms with van der Waals surface area (Å²) >= 11 is 5.62. The van der Waals surface area contributed by atoms with E-state index in [4.69, 9.17) is 21.6 Å². The molecule has 74 valence electrons. The molecule has 1 aromatic rings. The second-order valence-corrected chi connectivity index (χ2v) is 2.94. The van der Waals surface area contributed by atoms with Gasteiger partial charge in [-0.15, -0.1) is 0 Å². The van der Waals surface area contributed by atoms with Gasteiger partial charge in [0.25, 0.3) is 0 Å². The van der Waals surface area contributed by atoms with Crippen molar-refractivity contribution in [3.05, 3.63) is 28.8 Å². The van der Waals surface area contributed by atoms with E-state index in [0.29, 0.717) is 5.75 Å². The highest BCUT2D eigenvalue weighted by atomic mass is 35.5. The van der Waals surface area contributed by atoms with Gasteiger partial charge in [0.05, 0.1) is 12.1 Å². The third-order valence-corrected chi connectivity index (χ3v) is 1.95. The maximum Gasteiger partial charge on any atom is 0.357 e. The number of methoxy groups -OCH3 is 1. The van der Waals surface area contributed by atoms with Gasteiger partial charge in [-0.2, -0.15) is 14.0 Å². The highest BCUT2D eigenvalue weighted by molar-refractivity contribution is 6.32. The molecule has 0 N–H and O–H groups in total. The Hall–Kier alpha value is -1.34. The Morgan fingerprint density at radius 3 is 2.57 bits per heavy atom. The summed E-state index contributed by atoms with van der Waals surface area (Å²) in [6.45, 7) is 0. The minimum Gasteiger partial charge on any atom is -0.495 e. The van der Waals surface area contributed by atoms with Crippen LogP contribution in [0, 0.1) is 11.3 Å². The molecule has 0 aliphatic heterocycles. The Morgan fingerprint density at radius 2 is 2.14 bits per heavy atom. The normalized spacial score (nSPS) is 10.8. The molecule has 1 rings (SSSR count). The number of benzene rings is 1. The summed E-state index contributed by atoms with van der Waals surface area (Å²) in [5.41, 5.74) is -0.439. The van der Waals surface area contributed by atoms with Gasteiger partial charge in [-0.1, -0.05) is 11.6 Å². The first kappa shape index (κ1) is 10.7. The molecule has 1 aromatic carbocycles. The molecule has 0 radical (unpaired) electrons. The third-order valence-electron chi connectivity index (χ3n) is 1.65. The number of hydrogen-bond donors (Lipinski definition) is 0. The molecule has 0 bridgehead atoms. The predicted molar refractivity (Wildman–Crippen MR) is 47.5 cm³/mol. The summed E-state index contributed by atoms with van der Waals surface area (Å²) in [6.07, 6.45) is 0. The molecule has 0 aliphatic carbocycles. The zero-order chi connectivity index (χ0) is 10.8. The fourth-order valence-corrected chi connectivity index (χ4v) is 1.18. The molecule has 0 amide bonds. The van der Waals surface area contributed by atoms with Crippen LogP contribution in [0.2, 0.25) is 5.02 Å². The smallest absolute Gasteiger partial charge is 0.357 e. The zero-order valence-corrected chi connectivity index (χ0v) is 7.98. The Kier molecular flexibility index (Phi) is 2.92. The first-order valence-electron chi connectivity index (χ1n) is 3.64. The highest BCUT2D eigenvalue weighted by Crippen LogP contribution is 2.32. The zero-order valence-electron chi connectivity index (χ0n) is 7.22. The summed E-state index contributed by atoms with van der Waals surface area (Å²) in [7, 11) is 1.38. The Bertz CT molecular complexity index is 387. The summed E-state index contributed by atoms with van der Waals surface area (Å²) in [6, 6.07) is 4.31. The average Bonchev–Trinajstić information content (AvgIpc) is 2.17. The van der Waals surface area contributed by atoms with Gasteiger partial charge in [0.1, 0.15) is 11.8 Å². The van der Waals surface area contributed by atoms with Crippen molar-refractivity contribution < 1.29 is 13.5 Å². The summed E-state index contributed by atoms with van der Waals surface area (Å²) in [4.78, 5) is 0. The van der Waals surface area contributed by atoms with E-state index in [1.165, 1.54) is 13.2 Å². The van der Waals surface area contributed by atoms with E-state index in [9.17, 15) is 8.78 Å². The van der Waals surface area contributed by atoms with Gasteiger partial charge in [-0.25, -0.2) is 0 Å². The lowest BCUT2D eigenvalue weighted by atomic mass is 10.1. The predicted octanol–water partition coefficient (Wildman–Crippen LogP) is 2.96. The van der Waals surface area contributed by atoms with Gasteiger partial charge in [0.15, 0.2) is 0 Å². The molecule has 5 heteroatoms. The van der Waals surface area contributed by atoms with E-state index in [1.54, 1.807) is 0 Å². The van der Waals surface area contributed by atoms with Gasteiger partial charge in [0.2, 0.25) is 0 Å². The molecule has 0 fully saturated rings. The van der Waals surface area contributed by atoms with Crippen molar-refractivity contribution in [2.24, 2.45) is 0 Å². The molecule has 0 spiro atoms. The average molecular weight is 218 g/mol. The summed E-state index contributed by atoms with van der Waals surface area (Å²) in [5, 5.41) is 8.25. The van der Waals surface area contributed by atoms with Crippen molar-refractivity contribution in [1.82, 2.24) is 0 Å². The maximum atomic E-state index is 12.8. The van der Waals surface area contributed by atoms with Crippen LogP contribution in [0.1, 0.15) is 5.56 Å². The maximum absolute atomic E-state index is 12.8.